The standard InChI is InChI=1S/C17H33NO7Si/c1-7-13-26(23-8-2,24-9-3)25-15(6)18-17(20)22-12-10-11-21-16(19)14(4)5/h15H,4,7-13H2,1-3,5-6H3,(H,18,20). The highest BCUT2D eigenvalue weighted by Gasteiger charge is 2.41. The van der Waals surface area contributed by atoms with Crippen LogP contribution in [-0.4, -0.2) is 53.5 Å². The Kier molecular flexibility index (Phi) is 13.0. The van der Waals surface area contributed by atoms with Gasteiger partial charge in [-0.2, -0.15) is 0 Å². The fourth-order valence-corrected chi connectivity index (χ4v) is 4.79. The molecule has 1 N–H and O–H groups in total. The van der Waals surface area contributed by atoms with E-state index >= 15 is 0 Å². The van der Waals surface area contributed by atoms with Crippen molar-refractivity contribution in [1.82, 2.24) is 5.32 Å². The van der Waals surface area contributed by atoms with E-state index in [0.29, 0.717) is 31.3 Å². The number of nitrogens with one attached hydrogen (secondary N) is 1. The number of amides is 1. The Morgan fingerprint density at radius 1 is 1.08 bits per heavy atom. The van der Waals surface area contributed by atoms with Crippen molar-refractivity contribution >= 4 is 20.9 Å². The average molecular weight is 392 g/mol. The first-order chi connectivity index (χ1) is 12.3. The van der Waals surface area contributed by atoms with Crippen LogP contribution in [-0.2, 0) is 27.5 Å². The number of carbonyl (C=O) groups excluding carboxylic acids is 2. The van der Waals surface area contributed by atoms with Gasteiger partial charge >= 0.3 is 20.9 Å². The Balaban J connectivity index is 4.25. The molecule has 0 heterocycles. The summed E-state index contributed by atoms with van der Waals surface area (Å²) in [5, 5.41) is 2.60. The second-order valence-electron chi connectivity index (χ2n) is 5.61. The van der Waals surface area contributed by atoms with E-state index in [1.165, 1.54) is 0 Å². The molecule has 0 rings (SSSR count). The zero-order valence-corrected chi connectivity index (χ0v) is 17.6. The summed E-state index contributed by atoms with van der Waals surface area (Å²) in [6.07, 6.45) is 0.0246. The fourth-order valence-electron chi connectivity index (χ4n) is 2.08. The van der Waals surface area contributed by atoms with Crippen molar-refractivity contribution in [3.63, 3.8) is 0 Å². The fraction of sp³-hybridized carbons (Fsp3) is 0.765. The molecule has 0 spiro atoms. The van der Waals surface area contributed by atoms with Crippen LogP contribution >= 0.6 is 0 Å². The lowest BCUT2D eigenvalue weighted by atomic mass is 10.4. The highest BCUT2D eigenvalue weighted by molar-refractivity contribution is 6.60. The number of rotatable bonds is 14. The van der Waals surface area contributed by atoms with Crippen LogP contribution in [0.25, 0.3) is 0 Å². The number of carbonyl (C=O) groups is 2. The van der Waals surface area contributed by atoms with Gasteiger partial charge in [0.25, 0.3) is 0 Å². The van der Waals surface area contributed by atoms with Crippen LogP contribution < -0.4 is 5.32 Å². The molecule has 0 bridgehead atoms. The molecule has 0 aliphatic rings. The molecule has 0 aliphatic carbocycles. The largest absolute Gasteiger partial charge is 0.502 e. The van der Waals surface area contributed by atoms with E-state index in [1.807, 2.05) is 20.8 Å². The third-order valence-corrected chi connectivity index (χ3v) is 6.35. The molecule has 0 fully saturated rings. The molecule has 8 nitrogen and oxygen atoms in total. The molecule has 1 unspecified atom stereocenters. The summed E-state index contributed by atoms with van der Waals surface area (Å²) in [6.45, 7) is 13.8. The maximum Gasteiger partial charge on any atom is 0.502 e. The van der Waals surface area contributed by atoms with Crippen molar-refractivity contribution in [3.8, 4) is 0 Å². The van der Waals surface area contributed by atoms with Crippen LogP contribution in [0.15, 0.2) is 12.2 Å². The Morgan fingerprint density at radius 2 is 1.65 bits per heavy atom. The number of hydrogen-bond acceptors (Lipinski definition) is 7. The quantitative estimate of drug-likeness (QED) is 0.160. The van der Waals surface area contributed by atoms with E-state index in [-0.39, 0.29) is 13.2 Å². The van der Waals surface area contributed by atoms with E-state index in [2.05, 4.69) is 11.9 Å². The molecular formula is C17H33NO7Si. The summed E-state index contributed by atoms with van der Waals surface area (Å²) in [5.74, 6) is -0.458. The minimum absolute atomic E-state index is 0.122. The molecule has 0 aromatic carbocycles. The minimum Gasteiger partial charge on any atom is -0.462 e. The topological polar surface area (TPSA) is 92.3 Å². The second-order valence-corrected chi connectivity index (χ2v) is 8.29. The Hall–Kier alpha value is -1.42. The van der Waals surface area contributed by atoms with Crippen molar-refractivity contribution < 1.29 is 32.3 Å². The van der Waals surface area contributed by atoms with Gasteiger partial charge in [-0.05, 0) is 27.7 Å². The summed E-state index contributed by atoms with van der Waals surface area (Å²) in [4.78, 5) is 23.0. The van der Waals surface area contributed by atoms with Gasteiger partial charge in [0, 0.05) is 31.3 Å². The van der Waals surface area contributed by atoms with Crippen molar-refractivity contribution in [2.75, 3.05) is 26.4 Å². The summed E-state index contributed by atoms with van der Waals surface area (Å²) in [7, 11) is -2.83. The predicted molar refractivity (Wildman–Crippen MR) is 99.5 cm³/mol. The summed E-state index contributed by atoms with van der Waals surface area (Å²) >= 11 is 0. The molecule has 9 heteroatoms. The predicted octanol–water partition coefficient (Wildman–Crippen LogP) is 3.01. The first kappa shape index (κ1) is 24.6. The number of hydrogen-bond donors (Lipinski definition) is 1. The van der Waals surface area contributed by atoms with E-state index in [1.54, 1.807) is 13.8 Å². The molecule has 0 saturated heterocycles. The van der Waals surface area contributed by atoms with Crippen LogP contribution in [0.1, 0.15) is 47.5 Å². The average Bonchev–Trinajstić information content (AvgIpc) is 2.54. The van der Waals surface area contributed by atoms with Crippen molar-refractivity contribution in [2.45, 2.75) is 59.7 Å². The molecule has 0 radical (unpaired) electrons. The zero-order valence-electron chi connectivity index (χ0n) is 16.6. The van der Waals surface area contributed by atoms with Gasteiger partial charge in [-0.1, -0.05) is 19.9 Å². The van der Waals surface area contributed by atoms with Crippen molar-refractivity contribution in [2.24, 2.45) is 0 Å². The van der Waals surface area contributed by atoms with Gasteiger partial charge in [0.05, 0.1) is 13.2 Å². The van der Waals surface area contributed by atoms with Gasteiger partial charge in [-0.25, -0.2) is 9.59 Å². The summed E-state index contributed by atoms with van der Waals surface area (Å²) in [5.41, 5.74) is 0.331. The lowest BCUT2D eigenvalue weighted by Crippen LogP contribution is -2.51. The number of alkyl carbamates (subject to hydrolysis) is 1. The van der Waals surface area contributed by atoms with Crippen LogP contribution in [0.2, 0.25) is 6.04 Å². The third-order valence-electron chi connectivity index (χ3n) is 3.07. The minimum atomic E-state index is -2.83. The Labute approximate surface area is 157 Å². The number of ether oxygens (including phenoxy) is 2. The van der Waals surface area contributed by atoms with Gasteiger partial charge in [-0.3, -0.25) is 5.32 Å². The molecule has 152 valence electrons. The molecule has 26 heavy (non-hydrogen) atoms. The second kappa shape index (κ2) is 13.7. The zero-order chi connectivity index (χ0) is 20.0. The Bertz CT molecular complexity index is 428. The van der Waals surface area contributed by atoms with Crippen LogP contribution in [0, 0.1) is 0 Å². The normalized spacial score (nSPS) is 12.3. The molecule has 0 aromatic heterocycles. The third kappa shape index (κ3) is 10.5. The van der Waals surface area contributed by atoms with Gasteiger partial charge in [-0.15, -0.1) is 0 Å². The van der Waals surface area contributed by atoms with Gasteiger partial charge < -0.3 is 22.8 Å². The van der Waals surface area contributed by atoms with Crippen LogP contribution in [0.4, 0.5) is 4.79 Å². The molecule has 0 aromatic rings. The van der Waals surface area contributed by atoms with E-state index in [0.717, 1.165) is 6.42 Å². The van der Waals surface area contributed by atoms with Crippen molar-refractivity contribution in [1.29, 1.82) is 0 Å². The van der Waals surface area contributed by atoms with Crippen LogP contribution in [0.5, 0.6) is 0 Å². The molecule has 0 aliphatic heterocycles. The van der Waals surface area contributed by atoms with Gasteiger partial charge in [0.15, 0.2) is 0 Å². The monoisotopic (exact) mass is 391 g/mol. The SMILES string of the molecule is C=C(C)C(=O)OCCCOC(=O)NC(C)O[Si](CCC)(OCC)OCC. The summed E-state index contributed by atoms with van der Waals surface area (Å²) in [6, 6.07) is 0.670. The highest BCUT2D eigenvalue weighted by Crippen LogP contribution is 2.19. The van der Waals surface area contributed by atoms with Gasteiger partial charge in [0.1, 0.15) is 6.23 Å². The summed E-state index contributed by atoms with van der Waals surface area (Å²) < 4.78 is 27.4. The molecule has 1 atom stereocenters. The molecular weight excluding hydrogens is 358 g/mol. The smallest absolute Gasteiger partial charge is 0.462 e. The maximum atomic E-state index is 11.8. The molecule has 1 amide bonds. The van der Waals surface area contributed by atoms with E-state index in [4.69, 9.17) is 22.8 Å². The van der Waals surface area contributed by atoms with E-state index in [9.17, 15) is 9.59 Å². The van der Waals surface area contributed by atoms with Gasteiger partial charge in [0.2, 0.25) is 0 Å². The first-order valence-electron chi connectivity index (χ1n) is 9.01. The van der Waals surface area contributed by atoms with E-state index < -0.39 is 27.1 Å². The highest BCUT2D eigenvalue weighted by atomic mass is 28.4. The number of esters is 1. The Morgan fingerprint density at radius 3 is 2.15 bits per heavy atom. The lowest BCUT2D eigenvalue weighted by molar-refractivity contribution is -0.139. The van der Waals surface area contributed by atoms with Crippen LogP contribution in [0.3, 0.4) is 0 Å². The molecule has 0 saturated carbocycles. The van der Waals surface area contributed by atoms with Crippen molar-refractivity contribution in [3.05, 3.63) is 12.2 Å². The first-order valence-corrected chi connectivity index (χ1v) is 10.9. The maximum absolute atomic E-state index is 11.8. The lowest BCUT2D eigenvalue weighted by Gasteiger charge is -2.31.